The number of rotatable bonds is 1. The highest BCUT2D eigenvalue weighted by Crippen LogP contribution is 2.39. The first kappa shape index (κ1) is 20.4. The summed E-state index contributed by atoms with van der Waals surface area (Å²) in [6.45, 7) is 1.38. The molecule has 1 amide bonds. The van der Waals surface area contributed by atoms with Gasteiger partial charge in [-0.1, -0.05) is 42.2 Å². The summed E-state index contributed by atoms with van der Waals surface area (Å²) >= 11 is 0. The topological polar surface area (TPSA) is 41.5 Å². The minimum Gasteiger partial charge on any atom is -0.324 e. The van der Waals surface area contributed by atoms with Gasteiger partial charge in [0.1, 0.15) is 0 Å². The number of nitrogens with one attached hydrogen (secondary N) is 1. The lowest BCUT2D eigenvalue weighted by atomic mass is 10.0. The summed E-state index contributed by atoms with van der Waals surface area (Å²) in [5.74, 6) is 5.75. The molecule has 0 aliphatic carbocycles. The molecule has 0 bridgehead atoms. The van der Waals surface area contributed by atoms with Crippen molar-refractivity contribution < 1.29 is 18.0 Å². The van der Waals surface area contributed by atoms with Crippen molar-refractivity contribution in [1.29, 1.82) is 0 Å². The van der Waals surface area contributed by atoms with Gasteiger partial charge in [-0.05, 0) is 54.4 Å². The number of benzene rings is 3. The molecule has 1 aliphatic rings. The SMILES string of the molecule is Cc1cc2c(cc1C(F)(F)F)NC(=O)CC(c1cccc(C#Cc3ccccc3)c1)=N2. The fourth-order valence-corrected chi connectivity index (χ4v) is 3.33. The molecule has 4 rings (SSSR count). The number of amides is 1. The number of fused-ring (bicyclic) bond motifs is 1. The second-order valence-corrected chi connectivity index (χ2v) is 7.16. The zero-order valence-electron chi connectivity index (χ0n) is 16.5. The largest absolute Gasteiger partial charge is 0.416 e. The Hall–Kier alpha value is -3.85. The van der Waals surface area contributed by atoms with Gasteiger partial charge in [-0.15, -0.1) is 0 Å². The molecular weight excluding hydrogens is 401 g/mol. The van der Waals surface area contributed by atoms with Crippen LogP contribution >= 0.6 is 0 Å². The van der Waals surface area contributed by atoms with E-state index in [1.165, 1.54) is 13.0 Å². The predicted octanol–water partition coefficient (Wildman–Crippen LogP) is 5.88. The van der Waals surface area contributed by atoms with E-state index in [0.717, 1.165) is 17.2 Å². The normalized spacial score (nSPS) is 13.3. The molecule has 0 unspecified atom stereocenters. The van der Waals surface area contributed by atoms with Gasteiger partial charge in [0, 0.05) is 11.1 Å². The number of halogens is 3. The molecule has 3 aromatic carbocycles. The number of aryl methyl sites for hydroxylation is 1. The smallest absolute Gasteiger partial charge is 0.324 e. The Morgan fingerprint density at radius 2 is 1.65 bits per heavy atom. The maximum Gasteiger partial charge on any atom is 0.416 e. The molecule has 0 saturated carbocycles. The molecule has 0 radical (unpaired) electrons. The summed E-state index contributed by atoms with van der Waals surface area (Å²) in [7, 11) is 0. The molecule has 3 nitrogen and oxygen atoms in total. The van der Waals surface area contributed by atoms with Crippen molar-refractivity contribution in [3.8, 4) is 11.8 Å². The summed E-state index contributed by atoms with van der Waals surface area (Å²) in [6.07, 6.45) is -4.56. The highest BCUT2D eigenvalue weighted by molar-refractivity contribution is 6.17. The first-order valence-electron chi connectivity index (χ1n) is 9.56. The second-order valence-electron chi connectivity index (χ2n) is 7.16. The molecule has 0 fully saturated rings. The van der Waals surface area contributed by atoms with Crippen LogP contribution in [0.15, 0.2) is 71.7 Å². The molecule has 0 aromatic heterocycles. The number of alkyl halides is 3. The summed E-state index contributed by atoms with van der Waals surface area (Å²) in [4.78, 5) is 16.9. The van der Waals surface area contributed by atoms with Crippen LogP contribution in [-0.4, -0.2) is 11.6 Å². The predicted molar refractivity (Wildman–Crippen MR) is 114 cm³/mol. The van der Waals surface area contributed by atoms with Gasteiger partial charge in [-0.3, -0.25) is 9.79 Å². The Labute approximate surface area is 177 Å². The number of hydrogen-bond acceptors (Lipinski definition) is 2. The third-order valence-corrected chi connectivity index (χ3v) is 4.83. The number of nitrogens with zero attached hydrogens (tertiary/aromatic N) is 1. The Balaban J connectivity index is 1.73. The van der Waals surface area contributed by atoms with E-state index in [1.54, 1.807) is 0 Å². The number of aliphatic imine (C=N–C) groups is 1. The quantitative estimate of drug-likeness (QED) is 0.493. The van der Waals surface area contributed by atoms with Gasteiger partial charge in [-0.25, -0.2) is 0 Å². The van der Waals surface area contributed by atoms with Crippen LogP contribution in [0.25, 0.3) is 0 Å². The van der Waals surface area contributed by atoms with Gasteiger partial charge in [-0.2, -0.15) is 13.2 Å². The lowest BCUT2D eigenvalue weighted by molar-refractivity contribution is -0.138. The average molecular weight is 418 g/mol. The van der Waals surface area contributed by atoms with Crippen molar-refractivity contribution in [2.45, 2.75) is 19.5 Å². The van der Waals surface area contributed by atoms with Crippen molar-refractivity contribution in [2.24, 2.45) is 4.99 Å². The van der Waals surface area contributed by atoms with E-state index in [2.05, 4.69) is 22.2 Å². The van der Waals surface area contributed by atoms with E-state index in [0.29, 0.717) is 17.0 Å². The van der Waals surface area contributed by atoms with Gasteiger partial charge in [0.25, 0.3) is 0 Å². The molecule has 0 saturated heterocycles. The average Bonchev–Trinajstić information content (AvgIpc) is 2.89. The van der Waals surface area contributed by atoms with Gasteiger partial charge in [0.15, 0.2) is 0 Å². The Bertz CT molecular complexity index is 1250. The molecule has 6 heteroatoms. The van der Waals surface area contributed by atoms with Crippen molar-refractivity contribution in [3.63, 3.8) is 0 Å². The van der Waals surface area contributed by atoms with Crippen LogP contribution in [0, 0.1) is 18.8 Å². The number of carbonyl (C=O) groups excluding carboxylic acids is 1. The maximum absolute atomic E-state index is 13.2. The second kappa shape index (κ2) is 8.11. The lowest BCUT2D eigenvalue weighted by Gasteiger charge is -2.13. The van der Waals surface area contributed by atoms with Crippen LogP contribution in [0.2, 0.25) is 0 Å². The van der Waals surface area contributed by atoms with Crippen molar-refractivity contribution in [3.05, 3.63) is 94.5 Å². The van der Waals surface area contributed by atoms with Gasteiger partial charge in [0.05, 0.1) is 29.1 Å². The zero-order valence-corrected chi connectivity index (χ0v) is 16.5. The monoisotopic (exact) mass is 418 g/mol. The fourth-order valence-electron chi connectivity index (χ4n) is 3.33. The maximum atomic E-state index is 13.2. The minimum absolute atomic E-state index is 0.0491. The Kier molecular flexibility index (Phi) is 5.35. The molecule has 0 atom stereocenters. The first-order valence-corrected chi connectivity index (χ1v) is 9.56. The third-order valence-electron chi connectivity index (χ3n) is 4.83. The molecule has 0 spiro atoms. The van der Waals surface area contributed by atoms with E-state index >= 15 is 0 Å². The lowest BCUT2D eigenvalue weighted by Crippen LogP contribution is -2.15. The van der Waals surface area contributed by atoms with Gasteiger partial charge < -0.3 is 5.32 Å². The van der Waals surface area contributed by atoms with Crippen LogP contribution in [0.4, 0.5) is 24.5 Å². The van der Waals surface area contributed by atoms with Crippen molar-refractivity contribution in [2.75, 3.05) is 5.32 Å². The molecule has 154 valence electrons. The first-order chi connectivity index (χ1) is 14.8. The van der Waals surface area contributed by atoms with E-state index in [9.17, 15) is 18.0 Å². The van der Waals surface area contributed by atoms with E-state index in [-0.39, 0.29) is 17.7 Å². The van der Waals surface area contributed by atoms with Crippen LogP contribution in [-0.2, 0) is 11.0 Å². The minimum atomic E-state index is -4.51. The van der Waals surface area contributed by atoms with Crippen LogP contribution in [0.1, 0.15) is 34.2 Å². The zero-order chi connectivity index (χ0) is 22.0. The molecule has 3 aromatic rings. The van der Waals surface area contributed by atoms with Gasteiger partial charge >= 0.3 is 6.18 Å². The van der Waals surface area contributed by atoms with Crippen molar-refractivity contribution >= 4 is 23.0 Å². The number of hydrogen-bond donors (Lipinski definition) is 1. The van der Waals surface area contributed by atoms with E-state index in [4.69, 9.17) is 0 Å². The molecule has 1 N–H and O–H groups in total. The standard InChI is InChI=1S/C25H17F3N2O/c1-16-12-22-23(14-20(16)25(26,27)28)30-24(31)15-21(29-22)19-9-5-8-18(13-19)11-10-17-6-3-2-4-7-17/h2-9,12-14H,15H2,1H3,(H,30,31). The summed E-state index contributed by atoms with van der Waals surface area (Å²) < 4.78 is 39.7. The number of anilines is 1. The fraction of sp³-hybridized carbons (Fsp3) is 0.120. The van der Waals surface area contributed by atoms with E-state index < -0.39 is 17.6 Å². The summed E-state index contributed by atoms with van der Waals surface area (Å²) in [5.41, 5.74) is 2.40. The number of carbonyl (C=O) groups is 1. The summed E-state index contributed by atoms with van der Waals surface area (Å²) in [6, 6.07) is 19.1. The Morgan fingerprint density at radius 3 is 2.39 bits per heavy atom. The highest BCUT2D eigenvalue weighted by Gasteiger charge is 2.34. The third kappa shape index (κ3) is 4.67. The van der Waals surface area contributed by atoms with Crippen LogP contribution < -0.4 is 5.32 Å². The van der Waals surface area contributed by atoms with Gasteiger partial charge in [0.2, 0.25) is 5.91 Å². The molecule has 1 aliphatic heterocycles. The molecular formula is C25H17F3N2O. The van der Waals surface area contributed by atoms with Crippen LogP contribution in [0.3, 0.4) is 0 Å². The van der Waals surface area contributed by atoms with E-state index in [1.807, 2.05) is 54.6 Å². The summed E-state index contributed by atoms with van der Waals surface area (Å²) in [5, 5.41) is 2.54. The molecule has 31 heavy (non-hydrogen) atoms. The Morgan fingerprint density at radius 1 is 0.935 bits per heavy atom. The highest BCUT2D eigenvalue weighted by atomic mass is 19.4. The molecule has 1 heterocycles. The van der Waals surface area contributed by atoms with Crippen LogP contribution in [0.5, 0.6) is 0 Å². The van der Waals surface area contributed by atoms with Crippen molar-refractivity contribution in [1.82, 2.24) is 0 Å².